The highest BCUT2D eigenvalue weighted by atomic mass is 16.4. The van der Waals surface area contributed by atoms with Crippen molar-refractivity contribution >= 4 is 35.5 Å². The van der Waals surface area contributed by atoms with Crippen molar-refractivity contribution in [2.75, 3.05) is 6.54 Å². The molecule has 0 rings (SSSR count). The van der Waals surface area contributed by atoms with Gasteiger partial charge in [0.1, 0.15) is 12.1 Å². The maximum Gasteiger partial charge on any atom is 0.326 e. The second kappa shape index (κ2) is 13.1. The molecule has 0 saturated carbocycles. The van der Waals surface area contributed by atoms with Crippen LogP contribution in [0, 0.1) is 5.92 Å². The lowest BCUT2D eigenvalue weighted by Crippen LogP contribution is -2.54. The molecule has 0 aromatic carbocycles. The molecule has 0 bridgehead atoms. The molecule has 0 aliphatic heterocycles. The summed E-state index contributed by atoms with van der Waals surface area (Å²) in [4.78, 5) is 69.3. The molecule has 0 fully saturated rings. The molecule has 0 aliphatic carbocycles. The molecule has 30 heavy (non-hydrogen) atoms. The van der Waals surface area contributed by atoms with Crippen LogP contribution in [0.3, 0.4) is 0 Å². The monoisotopic (exact) mass is 430 g/mol. The summed E-state index contributed by atoms with van der Waals surface area (Å²) in [5, 5.41) is 15.9. The summed E-state index contributed by atoms with van der Waals surface area (Å²) in [7, 11) is 0. The van der Waals surface area contributed by atoms with Crippen LogP contribution in [0.5, 0.6) is 0 Å². The van der Waals surface area contributed by atoms with Crippen molar-refractivity contribution < 1.29 is 33.9 Å². The van der Waals surface area contributed by atoms with Gasteiger partial charge < -0.3 is 38.3 Å². The Morgan fingerprint density at radius 3 is 1.77 bits per heavy atom. The average Bonchev–Trinajstić information content (AvgIpc) is 2.64. The lowest BCUT2D eigenvalue weighted by atomic mass is 10.0. The molecule has 0 aliphatic rings. The molecule has 3 unspecified atom stereocenters. The number of amides is 5. The number of hydrogen-bond acceptors (Lipinski definition) is 7. The highest BCUT2D eigenvalue weighted by Crippen LogP contribution is 2.03. The summed E-state index contributed by atoms with van der Waals surface area (Å²) < 4.78 is 0. The number of carboxylic acid groups (broad SMARTS) is 1. The highest BCUT2D eigenvalue weighted by molar-refractivity contribution is 5.93. The van der Waals surface area contributed by atoms with Crippen molar-refractivity contribution in [2.45, 2.75) is 57.7 Å². The lowest BCUT2D eigenvalue weighted by molar-refractivity contribution is -0.142. The van der Waals surface area contributed by atoms with Gasteiger partial charge in [-0.1, -0.05) is 13.8 Å². The van der Waals surface area contributed by atoms with Crippen LogP contribution in [0.2, 0.25) is 0 Å². The van der Waals surface area contributed by atoms with Gasteiger partial charge in [0.05, 0.1) is 12.6 Å². The lowest BCUT2D eigenvalue weighted by Gasteiger charge is -2.22. The van der Waals surface area contributed by atoms with Gasteiger partial charge in [-0.25, -0.2) is 4.79 Å². The first-order valence-corrected chi connectivity index (χ1v) is 9.27. The molecule has 0 aromatic rings. The zero-order valence-electron chi connectivity index (χ0n) is 17.0. The van der Waals surface area contributed by atoms with Gasteiger partial charge in [-0.2, -0.15) is 0 Å². The minimum atomic E-state index is -1.37. The van der Waals surface area contributed by atoms with Crippen molar-refractivity contribution in [3.05, 3.63) is 0 Å². The smallest absolute Gasteiger partial charge is 0.326 e. The van der Waals surface area contributed by atoms with E-state index in [1.807, 2.05) is 0 Å². The SMILES string of the molecule is CC(C)C(N)C(=O)NC(CCC(N)=O)C(=O)NCC(=O)NC(CCC(N)=O)C(=O)O. The van der Waals surface area contributed by atoms with Gasteiger partial charge >= 0.3 is 5.97 Å². The number of carbonyl (C=O) groups excluding carboxylic acids is 5. The predicted molar refractivity (Wildman–Crippen MR) is 104 cm³/mol. The van der Waals surface area contributed by atoms with E-state index in [1.165, 1.54) is 0 Å². The number of aliphatic carboxylic acids is 1. The Morgan fingerprint density at radius 1 is 0.833 bits per heavy atom. The summed E-state index contributed by atoms with van der Waals surface area (Å²) in [5.41, 5.74) is 15.8. The first-order chi connectivity index (χ1) is 13.8. The fraction of sp³-hybridized carbons (Fsp3) is 0.647. The third-order valence-electron chi connectivity index (χ3n) is 4.07. The van der Waals surface area contributed by atoms with Gasteiger partial charge in [0.25, 0.3) is 0 Å². The molecule has 0 saturated heterocycles. The Morgan fingerprint density at radius 2 is 1.33 bits per heavy atom. The predicted octanol–water partition coefficient (Wildman–Crippen LogP) is -3.33. The van der Waals surface area contributed by atoms with Crippen molar-refractivity contribution in [3.8, 4) is 0 Å². The minimum absolute atomic E-state index is 0.115. The van der Waals surface area contributed by atoms with Gasteiger partial charge in [0.15, 0.2) is 0 Å². The molecule has 13 nitrogen and oxygen atoms in total. The second-order valence-electron chi connectivity index (χ2n) is 7.02. The average molecular weight is 430 g/mol. The molecular formula is C17H30N6O7. The summed E-state index contributed by atoms with van der Waals surface area (Å²) >= 11 is 0. The van der Waals surface area contributed by atoms with Crippen LogP contribution in [-0.4, -0.2) is 65.3 Å². The normalized spacial score (nSPS) is 13.6. The number of primary amides is 2. The van der Waals surface area contributed by atoms with E-state index in [2.05, 4.69) is 16.0 Å². The molecule has 0 heterocycles. The molecule has 5 amide bonds. The summed E-state index contributed by atoms with van der Waals surface area (Å²) in [6.45, 7) is 2.83. The van der Waals surface area contributed by atoms with Crippen molar-refractivity contribution in [1.29, 1.82) is 0 Å². The first-order valence-electron chi connectivity index (χ1n) is 9.27. The highest BCUT2D eigenvalue weighted by Gasteiger charge is 2.26. The van der Waals surface area contributed by atoms with E-state index in [-0.39, 0.29) is 31.6 Å². The number of nitrogens with two attached hydrogens (primary N) is 3. The van der Waals surface area contributed by atoms with E-state index >= 15 is 0 Å². The Hall–Kier alpha value is -3.22. The molecule has 170 valence electrons. The summed E-state index contributed by atoms with van der Waals surface area (Å²) in [6.07, 6.45) is -0.777. The van der Waals surface area contributed by atoms with E-state index in [4.69, 9.17) is 22.3 Å². The number of nitrogens with one attached hydrogen (secondary N) is 3. The van der Waals surface area contributed by atoms with Gasteiger partial charge in [-0.05, 0) is 18.8 Å². The van der Waals surface area contributed by atoms with Crippen molar-refractivity contribution in [2.24, 2.45) is 23.1 Å². The molecule has 3 atom stereocenters. The number of hydrogen-bond donors (Lipinski definition) is 7. The standard InChI is InChI=1S/C17H30N6O7/c1-8(2)14(20)16(28)23-9(3-5-11(18)24)15(27)21-7-13(26)22-10(17(29)30)4-6-12(19)25/h8-10,14H,3-7,20H2,1-2H3,(H2,18,24)(H2,19,25)(H,21,27)(H,22,26)(H,23,28)(H,29,30). The fourth-order valence-corrected chi connectivity index (χ4v) is 2.21. The molecule has 0 aromatic heterocycles. The molecule has 13 heteroatoms. The number of carboxylic acids is 1. The molecular weight excluding hydrogens is 400 g/mol. The summed E-state index contributed by atoms with van der Waals surface area (Å²) in [6, 6.07) is -3.43. The van der Waals surface area contributed by atoms with Crippen molar-refractivity contribution in [3.63, 3.8) is 0 Å². The van der Waals surface area contributed by atoms with E-state index in [0.29, 0.717) is 0 Å². The van der Waals surface area contributed by atoms with Crippen LogP contribution in [0.4, 0.5) is 0 Å². The van der Waals surface area contributed by atoms with E-state index < -0.39 is 60.2 Å². The Labute approximate surface area is 173 Å². The van der Waals surface area contributed by atoms with Crippen LogP contribution >= 0.6 is 0 Å². The summed E-state index contributed by atoms with van der Waals surface area (Å²) in [5.74, 6) is -5.22. The van der Waals surface area contributed by atoms with Crippen LogP contribution in [-0.2, 0) is 28.8 Å². The van der Waals surface area contributed by atoms with Crippen molar-refractivity contribution in [1.82, 2.24) is 16.0 Å². The van der Waals surface area contributed by atoms with Gasteiger partial charge in [0.2, 0.25) is 29.5 Å². The maximum atomic E-state index is 12.3. The third-order valence-corrected chi connectivity index (χ3v) is 4.07. The molecule has 0 radical (unpaired) electrons. The second-order valence-corrected chi connectivity index (χ2v) is 7.02. The zero-order valence-corrected chi connectivity index (χ0v) is 17.0. The minimum Gasteiger partial charge on any atom is -0.480 e. The Balaban J connectivity index is 4.89. The molecule has 0 spiro atoms. The van der Waals surface area contributed by atoms with Crippen LogP contribution in [0.25, 0.3) is 0 Å². The Bertz CT molecular complexity index is 667. The number of carbonyl (C=O) groups is 6. The van der Waals surface area contributed by atoms with E-state index in [9.17, 15) is 28.8 Å². The fourth-order valence-electron chi connectivity index (χ4n) is 2.21. The van der Waals surface area contributed by atoms with Gasteiger partial charge in [-0.15, -0.1) is 0 Å². The quantitative estimate of drug-likeness (QED) is 0.147. The van der Waals surface area contributed by atoms with Crippen LogP contribution in [0.1, 0.15) is 39.5 Å². The van der Waals surface area contributed by atoms with E-state index in [0.717, 1.165) is 0 Å². The van der Waals surface area contributed by atoms with Gasteiger partial charge in [0, 0.05) is 12.8 Å². The third kappa shape index (κ3) is 10.9. The van der Waals surface area contributed by atoms with Crippen LogP contribution < -0.4 is 33.2 Å². The maximum absolute atomic E-state index is 12.3. The zero-order chi connectivity index (χ0) is 23.4. The topological polar surface area (TPSA) is 237 Å². The Kier molecular flexibility index (Phi) is 11.7. The largest absolute Gasteiger partial charge is 0.480 e. The van der Waals surface area contributed by atoms with Gasteiger partial charge in [-0.3, -0.25) is 24.0 Å². The first kappa shape index (κ1) is 26.8. The van der Waals surface area contributed by atoms with E-state index in [1.54, 1.807) is 13.8 Å². The number of rotatable bonds is 14. The van der Waals surface area contributed by atoms with Crippen LogP contribution in [0.15, 0.2) is 0 Å². The molecule has 10 N–H and O–H groups in total.